The van der Waals surface area contributed by atoms with E-state index in [0.29, 0.717) is 24.9 Å². The van der Waals surface area contributed by atoms with Crippen molar-refractivity contribution in [3.8, 4) is 0 Å². The van der Waals surface area contributed by atoms with Crippen LogP contribution in [-0.2, 0) is 28.5 Å². The average molecular weight is 610 g/mol. The Kier molecular flexibility index (Phi) is 11.7. The second-order valence-electron chi connectivity index (χ2n) is 14.7. The maximum Gasteiger partial charge on any atom is 0.316 e. The van der Waals surface area contributed by atoms with Gasteiger partial charge in [-0.05, 0) is 91.9 Å². The number of hydrogen-bond acceptors (Lipinski definition) is 10. The second-order valence-corrected chi connectivity index (χ2v) is 14.7. The summed E-state index contributed by atoms with van der Waals surface area (Å²) in [5.74, 6) is -3.18. The molecule has 0 radical (unpaired) electrons. The summed E-state index contributed by atoms with van der Waals surface area (Å²) in [7, 11) is 9.83. The Morgan fingerprint density at radius 3 is 2.30 bits per heavy atom. The van der Waals surface area contributed by atoms with Crippen LogP contribution in [-0.4, -0.2) is 129 Å². The van der Waals surface area contributed by atoms with E-state index in [0.717, 1.165) is 25.2 Å². The van der Waals surface area contributed by atoms with Crippen molar-refractivity contribution >= 4 is 11.8 Å². The van der Waals surface area contributed by atoms with Gasteiger partial charge in [0.15, 0.2) is 17.9 Å². The number of nitrogens with zero attached hydrogens (tertiary/aromatic N) is 3. The van der Waals surface area contributed by atoms with Crippen LogP contribution in [0.1, 0.15) is 72.6 Å². The molecule has 10 nitrogen and oxygen atoms in total. The summed E-state index contributed by atoms with van der Waals surface area (Å²) in [4.78, 5) is 34.0. The molecule has 0 unspecified atom stereocenters. The minimum atomic E-state index is -1.76. The van der Waals surface area contributed by atoms with Crippen molar-refractivity contribution in [3.63, 3.8) is 0 Å². The van der Waals surface area contributed by atoms with Crippen LogP contribution in [0.5, 0.6) is 0 Å². The van der Waals surface area contributed by atoms with Crippen LogP contribution in [0.2, 0.25) is 0 Å². The molecule has 4 rings (SSSR count). The van der Waals surface area contributed by atoms with Crippen LogP contribution in [0.25, 0.3) is 0 Å². The monoisotopic (exact) mass is 609 g/mol. The highest BCUT2D eigenvalue weighted by Crippen LogP contribution is 2.40. The molecule has 2 aliphatic heterocycles. The fourth-order valence-corrected chi connectivity index (χ4v) is 7.60. The molecular weight excluding hydrogens is 550 g/mol. The van der Waals surface area contributed by atoms with Crippen LogP contribution in [0.15, 0.2) is 0 Å². The molecule has 10 heteroatoms. The Balaban J connectivity index is 1.53. The van der Waals surface area contributed by atoms with Crippen LogP contribution < -0.4 is 0 Å². The number of Topliss-reactive ketones (excluding diaryl/α,β-unsaturated/α-hetero) is 1. The number of ether oxygens (including phenoxy) is 4. The number of rotatable bonds is 8. The molecule has 9 atom stereocenters. The molecule has 0 bridgehead atoms. The normalized spacial score (nSPS) is 42.6. The van der Waals surface area contributed by atoms with Crippen LogP contribution >= 0.6 is 0 Å². The number of esters is 1. The van der Waals surface area contributed by atoms with Crippen molar-refractivity contribution in [1.82, 2.24) is 14.7 Å². The molecule has 2 aliphatic carbocycles. The zero-order chi connectivity index (χ0) is 31.6. The average Bonchev–Trinajstić information content (AvgIpc) is 3.74. The Morgan fingerprint density at radius 2 is 1.70 bits per heavy atom. The summed E-state index contributed by atoms with van der Waals surface area (Å²) in [6.07, 6.45) is 4.87. The van der Waals surface area contributed by atoms with Crippen molar-refractivity contribution in [1.29, 1.82) is 0 Å². The van der Waals surface area contributed by atoms with Crippen LogP contribution in [0.4, 0.5) is 0 Å². The van der Waals surface area contributed by atoms with E-state index in [9.17, 15) is 14.7 Å². The standard InChI is InChI=1S/C33H59N3O7/c1-20-16-33(39,40-9)31(43-29-15-26(34(5)6)12-21(2)42-29)22(3)30(37)23(4)32(38)41-19-28(36(8)17-20)25-13-27(14-25)35(7)18-24-10-11-24/h20-29,31,39H,10-19H2,1-9H3/t20-,21-,22+,23-,25?,26+,27?,28+,29+,31-,33-/m1/s1. The Morgan fingerprint density at radius 1 is 1.02 bits per heavy atom. The van der Waals surface area contributed by atoms with Crippen molar-refractivity contribution < 1.29 is 33.6 Å². The molecule has 0 aromatic rings. The fraction of sp³-hybridized carbons (Fsp3) is 0.939. The summed E-state index contributed by atoms with van der Waals surface area (Å²) in [5, 5.41) is 12.1. The Bertz CT molecular complexity index is 941. The van der Waals surface area contributed by atoms with Gasteiger partial charge in [-0.15, -0.1) is 0 Å². The first kappa shape index (κ1) is 34.7. The van der Waals surface area contributed by atoms with Crippen LogP contribution in [0.3, 0.4) is 0 Å². The predicted molar refractivity (Wildman–Crippen MR) is 164 cm³/mol. The molecule has 248 valence electrons. The molecular formula is C33H59N3O7. The highest BCUT2D eigenvalue weighted by Gasteiger charge is 2.49. The highest BCUT2D eigenvalue weighted by atomic mass is 16.7. The number of cyclic esters (lactones) is 1. The molecule has 0 aromatic heterocycles. The zero-order valence-electron chi connectivity index (χ0n) is 28.2. The van der Waals surface area contributed by atoms with Gasteiger partial charge < -0.3 is 33.9 Å². The molecule has 4 fully saturated rings. The van der Waals surface area contributed by atoms with Gasteiger partial charge in [-0.25, -0.2) is 0 Å². The topological polar surface area (TPSA) is 101 Å². The molecule has 0 spiro atoms. The third-order valence-electron chi connectivity index (χ3n) is 10.7. The minimum Gasteiger partial charge on any atom is -0.463 e. The van der Waals surface area contributed by atoms with Crippen molar-refractivity contribution in [2.45, 2.75) is 115 Å². The third-order valence-corrected chi connectivity index (χ3v) is 10.7. The highest BCUT2D eigenvalue weighted by molar-refractivity contribution is 5.99. The number of aliphatic hydroxyl groups is 1. The first-order valence-electron chi connectivity index (χ1n) is 16.6. The summed E-state index contributed by atoms with van der Waals surface area (Å²) in [5.41, 5.74) is 0. The summed E-state index contributed by atoms with van der Waals surface area (Å²) in [6.45, 7) is 9.50. The van der Waals surface area contributed by atoms with Gasteiger partial charge in [-0.1, -0.05) is 13.8 Å². The van der Waals surface area contributed by atoms with Gasteiger partial charge in [-0.3, -0.25) is 14.5 Å². The summed E-state index contributed by atoms with van der Waals surface area (Å²) >= 11 is 0. The SMILES string of the molecule is CO[C@]1(O)C[C@@H](C)CN(C)[C@H](C2CC(N(C)CC3CC3)C2)COC(=O)[C@H](C)C(=O)[C@H](C)[C@H]1O[C@H]1C[C@@H](N(C)C)C[C@@H](C)O1. The predicted octanol–water partition coefficient (Wildman–Crippen LogP) is 3.01. The van der Waals surface area contributed by atoms with Crippen molar-refractivity contribution in [3.05, 3.63) is 0 Å². The molecule has 4 aliphatic rings. The molecule has 2 saturated carbocycles. The van der Waals surface area contributed by atoms with Gasteiger partial charge >= 0.3 is 5.97 Å². The quantitative estimate of drug-likeness (QED) is 0.251. The maximum absolute atomic E-state index is 13.8. The smallest absolute Gasteiger partial charge is 0.316 e. The van der Waals surface area contributed by atoms with E-state index in [1.807, 2.05) is 21.0 Å². The van der Waals surface area contributed by atoms with E-state index in [2.05, 4.69) is 35.7 Å². The third kappa shape index (κ3) is 8.57. The lowest BCUT2D eigenvalue weighted by molar-refractivity contribution is -0.318. The lowest BCUT2D eigenvalue weighted by Crippen LogP contribution is -2.56. The first-order chi connectivity index (χ1) is 20.2. The Labute approximate surface area is 259 Å². The number of carbonyl (C=O) groups is 2. The van der Waals surface area contributed by atoms with E-state index in [1.54, 1.807) is 13.8 Å². The number of hydrogen-bond donors (Lipinski definition) is 1. The number of ketones is 1. The lowest BCUT2D eigenvalue weighted by Gasteiger charge is -2.47. The first-order valence-corrected chi connectivity index (χ1v) is 16.6. The van der Waals surface area contributed by atoms with E-state index >= 15 is 0 Å². The van der Waals surface area contributed by atoms with Gasteiger partial charge in [-0.2, -0.15) is 0 Å². The molecule has 0 aromatic carbocycles. The second kappa shape index (κ2) is 14.5. The molecule has 0 amide bonds. The number of methoxy groups -OCH3 is 1. The molecule has 1 N–H and O–H groups in total. The zero-order valence-corrected chi connectivity index (χ0v) is 28.2. The van der Waals surface area contributed by atoms with E-state index in [4.69, 9.17) is 18.9 Å². The van der Waals surface area contributed by atoms with E-state index < -0.39 is 36.0 Å². The van der Waals surface area contributed by atoms with E-state index in [1.165, 1.54) is 26.5 Å². The van der Waals surface area contributed by atoms with Gasteiger partial charge in [0.25, 0.3) is 0 Å². The minimum absolute atomic E-state index is 0.00821. The van der Waals surface area contributed by atoms with Gasteiger partial charge in [0.2, 0.25) is 0 Å². The fourth-order valence-electron chi connectivity index (χ4n) is 7.60. The number of carbonyl (C=O) groups excluding carboxylic acids is 2. The largest absolute Gasteiger partial charge is 0.463 e. The molecule has 2 heterocycles. The molecule has 43 heavy (non-hydrogen) atoms. The van der Waals surface area contributed by atoms with Crippen molar-refractivity contribution in [2.24, 2.45) is 29.6 Å². The molecule has 2 saturated heterocycles. The Hall–Kier alpha value is -1.14. The number of likely N-dealkylation sites (N-methyl/N-ethyl adjacent to an activating group) is 1. The van der Waals surface area contributed by atoms with Gasteiger partial charge in [0.1, 0.15) is 18.6 Å². The van der Waals surface area contributed by atoms with Gasteiger partial charge in [0, 0.05) is 57.1 Å². The van der Waals surface area contributed by atoms with Crippen LogP contribution in [0, 0.1) is 29.6 Å². The summed E-state index contributed by atoms with van der Waals surface area (Å²) in [6, 6.07) is 0.842. The van der Waals surface area contributed by atoms with E-state index in [-0.39, 0.29) is 42.9 Å². The summed E-state index contributed by atoms with van der Waals surface area (Å²) < 4.78 is 24.3. The maximum atomic E-state index is 13.8. The van der Waals surface area contributed by atoms with Gasteiger partial charge in [0.05, 0.1) is 6.10 Å². The lowest BCUT2D eigenvalue weighted by atomic mass is 9.74. The van der Waals surface area contributed by atoms with Crippen molar-refractivity contribution in [2.75, 3.05) is 55.0 Å².